The number of carbonyl (C=O) groups is 2. The van der Waals surface area contributed by atoms with Gasteiger partial charge in [0, 0.05) is 12.8 Å². The molecule has 5 nitrogen and oxygen atoms in total. The van der Waals surface area contributed by atoms with Crippen molar-refractivity contribution in [2.75, 3.05) is 13.2 Å². The molecule has 0 fully saturated rings. The smallest absolute Gasteiger partial charge is 0.306 e. The van der Waals surface area contributed by atoms with E-state index in [1.54, 1.807) is 0 Å². The molecule has 0 aromatic carbocycles. The molecule has 418 valence electrons. The van der Waals surface area contributed by atoms with E-state index in [9.17, 15) is 14.7 Å². The van der Waals surface area contributed by atoms with E-state index in [0.29, 0.717) is 12.8 Å². The molecule has 0 saturated heterocycles. The van der Waals surface area contributed by atoms with Gasteiger partial charge >= 0.3 is 11.9 Å². The summed E-state index contributed by atoms with van der Waals surface area (Å²) in [5.41, 5.74) is 0. The maximum atomic E-state index is 12.3. The Kier molecular flexibility index (Phi) is 60.3. The third-order valence-corrected chi connectivity index (χ3v) is 14.0. The maximum absolute atomic E-state index is 12.3. The van der Waals surface area contributed by atoms with Gasteiger partial charge in [-0.15, -0.1) is 0 Å². The SMILES string of the molecule is CC/C=C\C/C=C\C/C=C\C/C=C\C/C=C\C/C=C\CCCCCCCCCCCCC(=O)OC(CO)COC(=O)CCCCCCCCCCCCCCCCCCCCCCCCCCCCCCC. The lowest BCUT2D eigenvalue weighted by molar-refractivity contribution is -0.161. The number of aliphatic hydroxyl groups excluding tert-OH is 1. The van der Waals surface area contributed by atoms with Crippen LogP contribution in [-0.2, 0) is 19.1 Å². The van der Waals surface area contributed by atoms with Gasteiger partial charge in [-0.2, -0.15) is 0 Å². The van der Waals surface area contributed by atoms with Crippen LogP contribution >= 0.6 is 0 Å². The molecule has 72 heavy (non-hydrogen) atoms. The molecule has 0 aliphatic carbocycles. The van der Waals surface area contributed by atoms with Gasteiger partial charge in [0.1, 0.15) is 6.61 Å². The Hall–Kier alpha value is -2.66. The Morgan fingerprint density at radius 3 is 0.903 bits per heavy atom. The highest BCUT2D eigenvalue weighted by atomic mass is 16.6. The molecule has 0 saturated carbocycles. The molecule has 0 heterocycles. The van der Waals surface area contributed by atoms with Crippen molar-refractivity contribution in [3.8, 4) is 0 Å². The summed E-state index contributed by atoms with van der Waals surface area (Å²) in [5, 5.41) is 9.68. The van der Waals surface area contributed by atoms with Gasteiger partial charge in [-0.1, -0.05) is 318 Å². The molecule has 1 N–H and O–H groups in total. The lowest BCUT2D eigenvalue weighted by atomic mass is 10.0. The highest BCUT2D eigenvalue weighted by Crippen LogP contribution is 2.18. The van der Waals surface area contributed by atoms with Gasteiger partial charge in [0.2, 0.25) is 0 Å². The Balaban J connectivity index is 3.46. The Morgan fingerprint density at radius 2 is 0.597 bits per heavy atom. The van der Waals surface area contributed by atoms with Gasteiger partial charge in [-0.25, -0.2) is 0 Å². The molecule has 0 radical (unpaired) electrons. The molecular formula is C67H120O5. The van der Waals surface area contributed by atoms with E-state index in [0.717, 1.165) is 77.0 Å². The van der Waals surface area contributed by atoms with Gasteiger partial charge in [0.05, 0.1) is 6.61 Å². The van der Waals surface area contributed by atoms with Gasteiger partial charge in [0.25, 0.3) is 0 Å². The Bertz CT molecular complexity index is 1270. The van der Waals surface area contributed by atoms with E-state index in [4.69, 9.17) is 9.47 Å². The summed E-state index contributed by atoms with van der Waals surface area (Å²) >= 11 is 0. The summed E-state index contributed by atoms with van der Waals surface area (Å²) < 4.78 is 10.7. The highest BCUT2D eigenvalue weighted by molar-refractivity contribution is 5.70. The molecule has 0 aliphatic heterocycles. The largest absolute Gasteiger partial charge is 0.462 e. The van der Waals surface area contributed by atoms with Crippen LogP contribution in [0.3, 0.4) is 0 Å². The first kappa shape index (κ1) is 69.3. The fourth-order valence-electron chi connectivity index (χ4n) is 9.33. The monoisotopic (exact) mass is 1000 g/mol. The van der Waals surface area contributed by atoms with Crippen molar-refractivity contribution in [2.24, 2.45) is 0 Å². The fourth-order valence-corrected chi connectivity index (χ4v) is 9.33. The molecule has 1 atom stereocenters. The molecule has 0 aliphatic rings. The number of hydrogen-bond acceptors (Lipinski definition) is 5. The third-order valence-electron chi connectivity index (χ3n) is 14.0. The lowest BCUT2D eigenvalue weighted by Gasteiger charge is -2.15. The minimum absolute atomic E-state index is 0.0663. The Morgan fingerprint density at radius 1 is 0.333 bits per heavy atom. The second-order valence-corrected chi connectivity index (χ2v) is 21.1. The summed E-state index contributed by atoms with van der Waals surface area (Å²) in [5.74, 6) is -0.583. The molecule has 0 aromatic heterocycles. The average molecular weight is 1010 g/mol. The topological polar surface area (TPSA) is 72.8 Å². The maximum Gasteiger partial charge on any atom is 0.306 e. The van der Waals surface area contributed by atoms with E-state index in [1.807, 2.05) is 0 Å². The first-order valence-corrected chi connectivity index (χ1v) is 31.5. The number of rotatable bonds is 58. The zero-order valence-electron chi connectivity index (χ0n) is 47.9. The summed E-state index contributed by atoms with van der Waals surface area (Å²) in [6.07, 6.45) is 86.2. The molecule has 0 amide bonds. The van der Waals surface area contributed by atoms with Crippen LogP contribution in [0.1, 0.15) is 322 Å². The predicted molar refractivity (Wildman–Crippen MR) is 316 cm³/mol. The number of unbranched alkanes of at least 4 members (excludes halogenated alkanes) is 38. The fraction of sp³-hybridized carbons (Fsp3) is 0.791. The van der Waals surface area contributed by atoms with Crippen LogP contribution in [0.2, 0.25) is 0 Å². The summed E-state index contributed by atoms with van der Waals surface area (Å²) in [6, 6.07) is 0. The van der Waals surface area contributed by atoms with Crippen molar-refractivity contribution in [1.82, 2.24) is 0 Å². The number of ether oxygens (including phenoxy) is 2. The van der Waals surface area contributed by atoms with Crippen LogP contribution in [0.4, 0.5) is 0 Å². The van der Waals surface area contributed by atoms with Crippen LogP contribution in [0.15, 0.2) is 72.9 Å². The molecule has 0 aromatic rings. The summed E-state index contributed by atoms with van der Waals surface area (Å²) in [6.45, 7) is 4.07. The van der Waals surface area contributed by atoms with Crippen molar-refractivity contribution in [2.45, 2.75) is 328 Å². The van der Waals surface area contributed by atoms with E-state index < -0.39 is 6.10 Å². The second-order valence-electron chi connectivity index (χ2n) is 21.1. The van der Waals surface area contributed by atoms with Crippen molar-refractivity contribution >= 4 is 11.9 Å². The van der Waals surface area contributed by atoms with E-state index in [1.165, 1.54) is 218 Å². The van der Waals surface area contributed by atoms with Crippen LogP contribution in [0.5, 0.6) is 0 Å². The molecule has 0 bridgehead atoms. The zero-order chi connectivity index (χ0) is 52.0. The van der Waals surface area contributed by atoms with E-state index >= 15 is 0 Å². The number of carbonyl (C=O) groups excluding carboxylic acids is 2. The van der Waals surface area contributed by atoms with Crippen LogP contribution in [0, 0.1) is 0 Å². The van der Waals surface area contributed by atoms with Crippen molar-refractivity contribution < 1.29 is 24.2 Å². The van der Waals surface area contributed by atoms with Crippen LogP contribution in [-0.4, -0.2) is 36.4 Å². The van der Waals surface area contributed by atoms with E-state index in [-0.39, 0.29) is 25.2 Å². The zero-order valence-corrected chi connectivity index (χ0v) is 47.9. The normalized spacial score (nSPS) is 12.7. The number of hydrogen-bond donors (Lipinski definition) is 1. The molecule has 0 rings (SSSR count). The minimum atomic E-state index is -0.777. The van der Waals surface area contributed by atoms with Gasteiger partial charge in [-0.3, -0.25) is 9.59 Å². The van der Waals surface area contributed by atoms with Crippen LogP contribution < -0.4 is 0 Å². The van der Waals surface area contributed by atoms with Crippen molar-refractivity contribution in [3.63, 3.8) is 0 Å². The first-order valence-electron chi connectivity index (χ1n) is 31.5. The van der Waals surface area contributed by atoms with Gasteiger partial charge < -0.3 is 14.6 Å². The first-order chi connectivity index (χ1) is 35.6. The minimum Gasteiger partial charge on any atom is -0.462 e. The Labute approximate surface area is 448 Å². The molecule has 1 unspecified atom stereocenters. The van der Waals surface area contributed by atoms with Crippen molar-refractivity contribution in [1.29, 1.82) is 0 Å². The standard InChI is InChI=1S/C67H120O5/c1-3-5-7-9-11-13-15-17-19-21-23-25-27-29-31-33-35-37-39-41-43-45-47-49-51-53-55-57-59-61-66(69)71-64-65(63-68)72-67(70)62-60-58-56-54-52-50-48-46-44-42-40-38-36-34-32-30-28-26-24-22-20-18-16-14-12-10-8-6-4-2/h6,8,12,14,18,20,24,26,30,32,36,38,65,68H,3-5,7,9-11,13,15-17,19,21-23,25,27-29,31,33-35,37,39-64H2,1-2H3/b8-6-,14-12-,20-18-,26-24-,32-30-,38-36-. The molecule has 5 heteroatoms. The second kappa shape index (κ2) is 62.6. The average Bonchev–Trinajstić information content (AvgIpc) is 3.38. The number of esters is 2. The summed E-state index contributed by atoms with van der Waals surface area (Å²) in [4.78, 5) is 24.6. The van der Waals surface area contributed by atoms with Crippen LogP contribution in [0.25, 0.3) is 0 Å². The summed E-state index contributed by atoms with van der Waals surface area (Å²) in [7, 11) is 0. The number of aliphatic hydroxyl groups is 1. The lowest BCUT2D eigenvalue weighted by Crippen LogP contribution is -2.28. The third kappa shape index (κ3) is 59.9. The number of allylic oxidation sites excluding steroid dienone is 12. The van der Waals surface area contributed by atoms with Gasteiger partial charge in [0.15, 0.2) is 6.10 Å². The van der Waals surface area contributed by atoms with Gasteiger partial charge in [-0.05, 0) is 64.2 Å². The quantitative estimate of drug-likeness (QED) is 0.0373. The predicted octanol–water partition coefficient (Wildman–Crippen LogP) is 21.5. The van der Waals surface area contributed by atoms with E-state index in [2.05, 4.69) is 86.8 Å². The van der Waals surface area contributed by atoms with Crippen molar-refractivity contribution in [3.05, 3.63) is 72.9 Å². The highest BCUT2D eigenvalue weighted by Gasteiger charge is 2.16. The molecule has 0 spiro atoms. The molecular weight excluding hydrogens is 885 g/mol.